The maximum Gasteiger partial charge on any atom is 0.0585 e. The molecule has 1 nitrogen and oxygen atoms in total. The molecule has 0 unspecified atom stereocenters. The molecule has 1 aliphatic carbocycles. The maximum absolute atomic E-state index is 2.40. The molecular formula is C18H19NS. The van der Waals surface area contributed by atoms with Crippen molar-refractivity contribution in [3.05, 3.63) is 48.0 Å². The van der Waals surface area contributed by atoms with Gasteiger partial charge in [-0.2, -0.15) is 0 Å². The first-order valence-electron chi connectivity index (χ1n) is 7.48. The van der Waals surface area contributed by atoms with E-state index in [-0.39, 0.29) is 0 Å². The van der Waals surface area contributed by atoms with E-state index in [2.05, 4.69) is 54.4 Å². The highest BCUT2D eigenvalue weighted by Gasteiger charge is 2.27. The van der Waals surface area contributed by atoms with Crippen molar-refractivity contribution in [2.45, 2.75) is 41.4 Å². The highest BCUT2D eigenvalue weighted by atomic mass is 32.2. The normalized spacial score (nSPS) is 17.9. The van der Waals surface area contributed by atoms with Crippen molar-refractivity contribution in [3.63, 3.8) is 0 Å². The van der Waals surface area contributed by atoms with Crippen LogP contribution in [0.1, 0.15) is 37.2 Å². The Hall–Kier alpha value is -1.41. The Bertz CT molecular complexity index is 644. The highest BCUT2D eigenvalue weighted by Crippen LogP contribution is 2.51. The third-order valence-corrected chi connectivity index (χ3v) is 5.72. The summed E-state index contributed by atoms with van der Waals surface area (Å²) in [4.78, 5) is 5.18. The smallest absolute Gasteiger partial charge is 0.0585 e. The van der Waals surface area contributed by atoms with E-state index in [0.29, 0.717) is 0 Å². The first-order valence-corrected chi connectivity index (χ1v) is 8.30. The summed E-state index contributed by atoms with van der Waals surface area (Å²) in [6.45, 7) is 0. The molecule has 0 aromatic heterocycles. The Morgan fingerprint density at radius 2 is 1.70 bits per heavy atom. The van der Waals surface area contributed by atoms with Gasteiger partial charge in [0.25, 0.3) is 0 Å². The molecule has 0 spiro atoms. The van der Waals surface area contributed by atoms with Crippen LogP contribution in [-0.4, -0.2) is 7.05 Å². The Labute approximate surface area is 125 Å². The van der Waals surface area contributed by atoms with E-state index in [1.54, 1.807) is 5.56 Å². The number of anilines is 2. The minimum atomic E-state index is 0.762. The van der Waals surface area contributed by atoms with Gasteiger partial charge in [-0.05, 0) is 42.5 Å². The summed E-state index contributed by atoms with van der Waals surface area (Å²) >= 11 is 1.92. The van der Waals surface area contributed by atoms with Crippen LogP contribution >= 0.6 is 11.8 Å². The number of para-hydroxylation sites is 2. The van der Waals surface area contributed by atoms with Crippen LogP contribution in [-0.2, 0) is 0 Å². The molecule has 0 N–H and O–H groups in total. The first kappa shape index (κ1) is 12.3. The van der Waals surface area contributed by atoms with Gasteiger partial charge in [-0.1, -0.05) is 48.9 Å². The molecule has 2 aromatic rings. The van der Waals surface area contributed by atoms with Gasteiger partial charge in [0, 0.05) is 16.8 Å². The molecule has 102 valence electrons. The molecule has 2 aromatic carbocycles. The van der Waals surface area contributed by atoms with Gasteiger partial charge in [-0.15, -0.1) is 0 Å². The van der Waals surface area contributed by atoms with Crippen LogP contribution in [0.2, 0.25) is 0 Å². The lowest BCUT2D eigenvalue weighted by Gasteiger charge is -2.32. The molecule has 0 atom stereocenters. The summed E-state index contributed by atoms with van der Waals surface area (Å²) in [5.41, 5.74) is 4.35. The zero-order valence-electron chi connectivity index (χ0n) is 11.8. The molecule has 1 fully saturated rings. The molecule has 0 bridgehead atoms. The lowest BCUT2D eigenvalue weighted by Crippen LogP contribution is -2.17. The molecule has 2 heteroatoms. The molecule has 0 radical (unpaired) electrons. The van der Waals surface area contributed by atoms with Crippen LogP contribution in [0.25, 0.3) is 0 Å². The Kier molecular flexibility index (Phi) is 2.99. The lowest BCUT2D eigenvalue weighted by atomic mass is 9.95. The second-order valence-corrected chi connectivity index (χ2v) is 6.89. The van der Waals surface area contributed by atoms with E-state index in [0.717, 1.165) is 5.92 Å². The second kappa shape index (κ2) is 4.85. The Morgan fingerprint density at radius 1 is 0.950 bits per heavy atom. The summed E-state index contributed by atoms with van der Waals surface area (Å²) in [7, 11) is 2.22. The van der Waals surface area contributed by atoms with Crippen molar-refractivity contribution in [3.8, 4) is 0 Å². The van der Waals surface area contributed by atoms with E-state index in [1.807, 2.05) is 11.8 Å². The maximum atomic E-state index is 2.40. The zero-order valence-corrected chi connectivity index (χ0v) is 12.6. The number of hydrogen-bond donors (Lipinski definition) is 0. The third-order valence-electron chi connectivity index (χ3n) is 4.61. The van der Waals surface area contributed by atoms with E-state index in [1.165, 1.54) is 46.8 Å². The lowest BCUT2D eigenvalue weighted by molar-refractivity contribution is 0.719. The number of rotatable bonds is 1. The molecule has 1 aliphatic heterocycles. The predicted octanol–water partition coefficient (Wildman–Crippen LogP) is 5.58. The van der Waals surface area contributed by atoms with Crippen molar-refractivity contribution >= 4 is 23.1 Å². The molecule has 20 heavy (non-hydrogen) atoms. The van der Waals surface area contributed by atoms with E-state index in [4.69, 9.17) is 0 Å². The van der Waals surface area contributed by atoms with Gasteiger partial charge in [0.1, 0.15) is 0 Å². The minimum absolute atomic E-state index is 0.762. The van der Waals surface area contributed by atoms with Crippen LogP contribution in [0.15, 0.2) is 52.3 Å². The van der Waals surface area contributed by atoms with Crippen LogP contribution in [0, 0.1) is 0 Å². The monoisotopic (exact) mass is 281 g/mol. The summed E-state index contributed by atoms with van der Waals surface area (Å²) in [5.74, 6) is 0.762. The fourth-order valence-electron chi connectivity index (χ4n) is 3.61. The SMILES string of the molecule is CN1c2ccccc2Sc2cccc(C3CCCC3)c21. The molecule has 2 aliphatic rings. The van der Waals surface area contributed by atoms with Gasteiger partial charge < -0.3 is 4.90 Å². The zero-order chi connectivity index (χ0) is 13.5. The van der Waals surface area contributed by atoms with E-state index in [9.17, 15) is 0 Å². The van der Waals surface area contributed by atoms with E-state index >= 15 is 0 Å². The molecular weight excluding hydrogens is 262 g/mol. The van der Waals surface area contributed by atoms with Crippen molar-refractivity contribution in [1.82, 2.24) is 0 Å². The third kappa shape index (κ3) is 1.86. The number of benzene rings is 2. The average Bonchev–Trinajstić information content (AvgIpc) is 3.01. The van der Waals surface area contributed by atoms with Gasteiger partial charge >= 0.3 is 0 Å². The van der Waals surface area contributed by atoms with Gasteiger partial charge in [-0.3, -0.25) is 0 Å². The van der Waals surface area contributed by atoms with Crippen molar-refractivity contribution in [2.24, 2.45) is 0 Å². The van der Waals surface area contributed by atoms with Crippen LogP contribution in [0.4, 0.5) is 11.4 Å². The standard InChI is InChI=1S/C18H19NS/c1-19-15-10-4-5-11-16(15)20-17-12-6-9-14(18(17)19)13-7-2-3-8-13/h4-6,9-13H,2-3,7-8H2,1H3. The second-order valence-electron chi connectivity index (χ2n) is 5.80. The summed E-state index contributed by atoms with van der Waals surface area (Å²) in [5, 5.41) is 0. The van der Waals surface area contributed by atoms with Crippen molar-refractivity contribution in [2.75, 3.05) is 11.9 Å². The number of hydrogen-bond acceptors (Lipinski definition) is 2. The van der Waals surface area contributed by atoms with Gasteiger partial charge in [0.2, 0.25) is 0 Å². The predicted molar refractivity (Wildman–Crippen MR) is 86.3 cm³/mol. The van der Waals surface area contributed by atoms with Crippen LogP contribution < -0.4 is 4.90 Å². The van der Waals surface area contributed by atoms with Gasteiger partial charge in [0.15, 0.2) is 0 Å². The highest BCUT2D eigenvalue weighted by molar-refractivity contribution is 7.99. The Morgan fingerprint density at radius 3 is 2.55 bits per heavy atom. The Balaban J connectivity index is 1.85. The molecule has 1 heterocycles. The van der Waals surface area contributed by atoms with E-state index < -0.39 is 0 Å². The largest absolute Gasteiger partial charge is 0.343 e. The molecule has 0 saturated heterocycles. The molecule has 1 saturated carbocycles. The molecule has 4 rings (SSSR count). The van der Waals surface area contributed by atoms with Crippen molar-refractivity contribution in [1.29, 1.82) is 0 Å². The number of fused-ring (bicyclic) bond motifs is 2. The number of nitrogens with zero attached hydrogens (tertiary/aromatic N) is 1. The first-order chi connectivity index (χ1) is 9.84. The topological polar surface area (TPSA) is 3.24 Å². The quantitative estimate of drug-likeness (QED) is 0.671. The van der Waals surface area contributed by atoms with Gasteiger partial charge in [-0.25, -0.2) is 0 Å². The fraction of sp³-hybridized carbons (Fsp3) is 0.333. The van der Waals surface area contributed by atoms with Crippen LogP contribution in [0.5, 0.6) is 0 Å². The summed E-state index contributed by atoms with van der Waals surface area (Å²) in [6.07, 6.45) is 5.50. The summed E-state index contributed by atoms with van der Waals surface area (Å²) < 4.78 is 0. The van der Waals surface area contributed by atoms with Gasteiger partial charge in [0.05, 0.1) is 11.4 Å². The van der Waals surface area contributed by atoms with Crippen LogP contribution in [0.3, 0.4) is 0 Å². The van der Waals surface area contributed by atoms with Crippen molar-refractivity contribution < 1.29 is 0 Å². The fourth-order valence-corrected chi connectivity index (χ4v) is 4.80. The average molecular weight is 281 g/mol. The minimum Gasteiger partial charge on any atom is -0.343 e. The summed E-state index contributed by atoms with van der Waals surface area (Å²) in [6, 6.07) is 15.6. The molecule has 0 amide bonds.